The lowest BCUT2D eigenvalue weighted by molar-refractivity contribution is -0.307. The van der Waals surface area contributed by atoms with Crippen molar-refractivity contribution in [3.8, 4) is 0 Å². The molecule has 18 heteroatoms. The van der Waals surface area contributed by atoms with Gasteiger partial charge in [0.25, 0.3) is 0 Å². The number of carboxylic acids is 1. The molecule has 0 radical (unpaired) electrons. The summed E-state index contributed by atoms with van der Waals surface area (Å²) in [6.45, 7) is 15.4. The highest BCUT2D eigenvalue weighted by Gasteiger charge is 2.49. The van der Waals surface area contributed by atoms with Crippen LogP contribution in [0.25, 0.3) is 0 Å². The van der Waals surface area contributed by atoms with Gasteiger partial charge in [-0.2, -0.15) is 0 Å². The van der Waals surface area contributed by atoms with Crippen molar-refractivity contribution in [2.45, 2.75) is 160 Å². The zero-order valence-corrected chi connectivity index (χ0v) is 39.1. The number of benzene rings is 1. The van der Waals surface area contributed by atoms with Gasteiger partial charge in [0, 0.05) is 27.8 Å². The Morgan fingerprint density at radius 2 is 1.49 bits per heavy atom. The second-order valence-corrected chi connectivity index (χ2v) is 17.8. The Bertz CT molecular complexity index is 1640. The van der Waals surface area contributed by atoms with Crippen molar-refractivity contribution in [3.63, 3.8) is 0 Å². The van der Waals surface area contributed by atoms with Crippen molar-refractivity contribution in [3.05, 3.63) is 35.9 Å². The average Bonchev–Trinajstić information content (AvgIpc) is 3.73. The molecular weight excluding hydrogens is 819 g/mol. The fraction of sp³-hybridized carbons (Fsp3) is 0.756. The number of nitrogens with one attached hydrogen (secondary N) is 3. The number of carbonyl (C=O) groups excluding carboxylic acids is 4. The zero-order chi connectivity index (χ0) is 47.5. The van der Waals surface area contributed by atoms with Crippen LogP contribution < -0.4 is 16.0 Å². The van der Waals surface area contributed by atoms with Gasteiger partial charge in [0.2, 0.25) is 23.6 Å². The molecule has 0 spiro atoms. The molecule has 0 saturated carbocycles. The number of likely N-dealkylation sites (N-methyl/N-ethyl adjacent to an activating group) is 2. The number of likely N-dealkylation sites (tertiary alicyclic amines) is 1. The summed E-state index contributed by atoms with van der Waals surface area (Å²) < 4.78 is 23.5. The molecule has 15 atom stereocenters. The summed E-state index contributed by atoms with van der Waals surface area (Å²) in [6, 6.07) is 5.55. The van der Waals surface area contributed by atoms with Crippen molar-refractivity contribution in [2.75, 3.05) is 34.9 Å². The number of methoxy groups -OCH3 is 2. The molecular formula is C45H75N5O13. The number of carboxylic acid groups (broad SMARTS) is 1. The van der Waals surface area contributed by atoms with Crippen LogP contribution in [0.3, 0.4) is 0 Å². The number of hydrogen-bond acceptors (Lipinski definition) is 13. The first-order valence-corrected chi connectivity index (χ1v) is 22.2. The largest absolute Gasteiger partial charge is 0.479 e. The molecule has 2 aliphatic rings. The Balaban J connectivity index is 1.81. The van der Waals surface area contributed by atoms with E-state index in [1.807, 2.05) is 41.5 Å². The first kappa shape index (κ1) is 53.6. The third-order valence-electron chi connectivity index (χ3n) is 12.8. The maximum atomic E-state index is 14.4. The van der Waals surface area contributed by atoms with Gasteiger partial charge >= 0.3 is 5.97 Å². The fourth-order valence-electron chi connectivity index (χ4n) is 8.92. The van der Waals surface area contributed by atoms with Crippen LogP contribution in [0.4, 0.5) is 0 Å². The number of ether oxygens (including phenoxy) is 4. The first-order valence-electron chi connectivity index (χ1n) is 22.2. The van der Waals surface area contributed by atoms with Gasteiger partial charge in [0.1, 0.15) is 30.5 Å². The topological polar surface area (TPSA) is 246 Å². The van der Waals surface area contributed by atoms with Gasteiger partial charge < -0.3 is 65.1 Å². The lowest BCUT2D eigenvalue weighted by Gasteiger charge is -2.41. The number of carbonyl (C=O) groups is 5. The van der Waals surface area contributed by atoms with E-state index in [0.717, 1.165) is 0 Å². The molecule has 358 valence electrons. The lowest BCUT2D eigenvalue weighted by atomic mass is 9.89. The maximum Gasteiger partial charge on any atom is 0.335 e. The molecule has 4 amide bonds. The van der Waals surface area contributed by atoms with Crippen LogP contribution in [-0.4, -0.2) is 168 Å². The molecule has 2 aliphatic heterocycles. The summed E-state index contributed by atoms with van der Waals surface area (Å²) in [4.78, 5) is 71.0. The SMILES string of the molecule is CC[C@H](C)[C@@H]([C@@H](CC(=O)N1CCC[C@H]1[C@H](OC)[C@@H](C)C(=O)N[C@H](C)[C@@H](O[C@@H]1O[C@H](C(=O)O)[C@@H](O)[C@H](O)[C@H]1O)c1ccccc1)OC)N(C)C(=O)[C@@H](NC(=O)[C@@H](NC)C(C)C)C(C)C. The minimum Gasteiger partial charge on any atom is -0.479 e. The van der Waals surface area contributed by atoms with Crippen molar-refractivity contribution < 1.29 is 63.3 Å². The van der Waals surface area contributed by atoms with Gasteiger partial charge in [0.05, 0.1) is 48.7 Å². The molecule has 2 saturated heterocycles. The van der Waals surface area contributed by atoms with Crippen molar-refractivity contribution in [1.82, 2.24) is 25.8 Å². The van der Waals surface area contributed by atoms with Crippen molar-refractivity contribution in [1.29, 1.82) is 0 Å². The van der Waals surface area contributed by atoms with Gasteiger partial charge in [0.15, 0.2) is 12.4 Å². The summed E-state index contributed by atoms with van der Waals surface area (Å²) in [6.07, 6.45) is -9.76. The second-order valence-electron chi connectivity index (χ2n) is 17.8. The number of nitrogens with zero attached hydrogens (tertiary/aromatic N) is 2. The number of aliphatic carboxylic acids is 1. The van der Waals surface area contributed by atoms with Crippen LogP contribution in [0.5, 0.6) is 0 Å². The summed E-state index contributed by atoms with van der Waals surface area (Å²) in [5.41, 5.74) is 0.547. The van der Waals surface area contributed by atoms with Crippen molar-refractivity contribution >= 4 is 29.6 Å². The number of aliphatic hydroxyl groups excluding tert-OH is 3. The molecule has 3 rings (SSSR count). The van der Waals surface area contributed by atoms with E-state index in [-0.39, 0.29) is 41.9 Å². The van der Waals surface area contributed by atoms with E-state index in [2.05, 4.69) is 16.0 Å². The first-order chi connectivity index (χ1) is 29.7. The highest BCUT2D eigenvalue weighted by Crippen LogP contribution is 2.32. The maximum absolute atomic E-state index is 14.4. The molecule has 2 fully saturated rings. The van der Waals surface area contributed by atoms with E-state index in [0.29, 0.717) is 31.4 Å². The molecule has 1 aromatic carbocycles. The van der Waals surface area contributed by atoms with Crippen LogP contribution in [0, 0.1) is 23.7 Å². The van der Waals surface area contributed by atoms with Gasteiger partial charge in [-0.15, -0.1) is 0 Å². The number of aliphatic hydroxyl groups is 3. The van der Waals surface area contributed by atoms with E-state index in [1.54, 1.807) is 68.1 Å². The van der Waals surface area contributed by atoms with Gasteiger partial charge in [-0.3, -0.25) is 19.2 Å². The van der Waals surface area contributed by atoms with Gasteiger partial charge in [-0.25, -0.2) is 4.79 Å². The Labute approximate surface area is 372 Å². The molecule has 0 unspecified atom stereocenters. The minimum absolute atomic E-state index is 0.00456. The number of hydrogen-bond donors (Lipinski definition) is 7. The van der Waals surface area contributed by atoms with Crippen LogP contribution in [0.2, 0.25) is 0 Å². The monoisotopic (exact) mass is 894 g/mol. The Morgan fingerprint density at radius 1 is 0.873 bits per heavy atom. The normalized spacial score (nSPS) is 25.9. The summed E-state index contributed by atoms with van der Waals surface area (Å²) in [7, 11) is 6.40. The van der Waals surface area contributed by atoms with Crippen LogP contribution in [0.15, 0.2) is 30.3 Å². The molecule has 2 heterocycles. The van der Waals surface area contributed by atoms with Gasteiger partial charge in [-0.1, -0.05) is 85.2 Å². The molecule has 63 heavy (non-hydrogen) atoms. The van der Waals surface area contributed by atoms with E-state index in [1.165, 1.54) is 14.2 Å². The molecule has 7 N–H and O–H groups in total. The highest BCUT2D eigenvalue weighted by atomic mass is 16.7. The smallest absolute Gasteiger partial charge is 0.335 e. The average molecular weight is 894 g/mol. The minimum atomic E-state index is -1.91. The van der Waals surface area contributed by atoms with Crippen LogP contribution in [0.1, 0.15) is 92.7 Å². The quantitative estimate of drug-likeness (QED) is 0.0823. The van der Waals surface area contributed by atoms with Crippen LogP contribution in [-0.2, 0) is 42.9 Å². The summed E-state index contributed by atoms with van der Waals surface area (Å²) in [5.74, 6) is -3.88. The zero-order valence-electron chi connectivity index (χ0n) is 39.1. The lowest BCUT2D eigenvalue weighted by Crippen LogP contribution is -2.61. The molecule has 1 aromatic rings. The second kappa shape index (κ2) is 24.5. The van der Waals surface area contributed by atoms with Crippen molar-refractivity contribution in [2.24, 2.45) is 23.7 Å². The van der Waals surface area contributed by atoms with Crippen LogP contribution >= 0.6 is 0 Å². The molecule has 18 nitrogen and oxygen atoms in total. The third-order valence-corrected chi connectivity index (χ3v) is 12.8. The third kappa shape index (κ3) is 13.2. The van der Waals surface area contributed by atoms with E-state index < -0.39 is 97.0 Å². The Kier molecular flexibility index (Phi) is 20.9. The molecule has 0 aliphatic carbocycles. The Morgan fingerprint density at radius 3 is 2.02 bits per heavy atom. The van der Waals surface area contributed by atoms with Gasteiger partial charge in [-0.05, 0) is 50.1 Å². The number of rotatable bonds is 23. The summed E-state index contributed by atoms with van der Waals surface area (Å²) in [5, 5.41) is 49.9. The summed E-state index contributed by atoms with van der Waals surface area (Å²) >= 11 is 0. The van der Waals surface area contributed by atoms with E-state index in [4.69, 9.17) is 18.9 Å². The molecule has 0 aromatic heterocycles. The van der Waals surface area contributed by atoms with E-state index in [9.17, 15) is 44.4 Å². The molecule has 0 bridgehead atoms. The predicted octanol–water partition coefficient (Wildman–Crippen LogP) is 1.45. The van der Waals surface area contributed by atoms with E-state index >= 15 is 0 Å². The highest BCUT2D eigenvalue weighted by molar-refractivity contribution is 5.90. The number of amides is 4. The fourth-order valence-corrected chi connectivity index (χ4v) is 8.92. The predicted molar refractivity (Wildman–Crippen MR) is 233 cm³/mol. The standard InChI is InChI=1S/C45H75N5O13/c1-13-25(6)34(49(10)43(57)33(24(4)5)48-42(56)32(46-9)23(2)3)30(60-11)22-31(51)50-21-17-20-29(50)38(61-12)26(7)41(55)47-27(8)39(28-18-15-14-16-19-28)62-45-37(54)35(52)36(53)40(63-45)44(58)59/h14-16,18-19,23-27,29-30,32-40,45-46,52-54H,13,17,20-22H2,1-12H3,(H,47,55)(H,48,56)(H,58,59)/t25-,26+,27+,29-,30+,32-,33-,34-,35-,36-,37+,38+,39+,40-,45+/m0/s1. The Hall–Kier alpha value is -3.75.